The maximum Gasteiger partial charge on any atom is 0.309 e. The van der Waals surface area contributed by atoms with Crippen LogP contribution in [-0.4, -0.2) is 69.1 Å². The molecule has 1 heterocycles. The summed E-state index contributed by atoms with van der Waals surface area (Å²) >= 11 is 0. The second kappa shape index (κ2) is 13.3. The maximum atomic E-state index is 14.6. The normalized spacial score (nSPS) is 16.8. The van der Waals surface area contributed by atoms with Crippen molar-refractivity contribution in [2.24, 2.45) is 11.7 Å². The first-order chi connectivity index (χ1) is 21.2. The molecule has 0 spiro atoms. The zero-order valence-electron chi connectivity index (χ0n) is 25.1. The van der Waals surface area contributed by atoms with Crippen LogP contribution < -0.4 is 25.8 Å². The summed E-state index contributed by atoms with van der Waals surface area (Å²) in [6.45, 7) is 1.27. The smallest absolute Gasteiger partial charge is 0.309 e. The van der Waals surface area contributed by atoms with Crippen molar-refractivity contribution in [3.05, 3.63) is 77.4 Å². The van der Waals surface area contributed by atoms with Gasteiger partial charge in [-0.1, -0.05) is 12.1 Å². The van der Waals surface area contributed by atoms with Crippen molar-refractivity contribution in [3.8, 4) is 11.5 Å². The van der Waals surface area contributed by atoms with E-state index >= 15 is 0 Å². The van der Waals surface area contributed by atoms with Crippen LogP contribution in [0.5, 0.6) is 11.5 Å². The Hall–Kier alpha value is -5.11. The van der Waals surface area contributed by atoms with Gasteiger partial charge in [-0.3, -0.25) is 19.2 Å². The fourth-order valence-electron chi connectivity index (χ4n) is 5.50. The number of aliphatic carboxylic acids is 1. The standard InChI is InChI=1S/C31H34N4O9S/c1-17(36)33-21-9-11-26(45(4,41)42)23(16-21)28-22(31(39)40)12-13-35(28)30(38)27(18-8-10-24(43-2)25(15-18)44-3)34-20-7-5-6-19(14-20)29(32)37/h5-11,14-16,22,27-28,34H,12-13H2,1-4H3,(H2,32,37)(H,33,36)(H,39,40)/t22-,27-,28+/m0/s1. The number of hydrogen-bond donors (Lipinski definition) is 4. The highest BCUT2D eigenvalue weighted by atomic mass is 32.2. The van der Waals surface area contributed by atoms with Crippen LogP contribution in [0, 0.1) is 5.92 Å². The number of rotatable bonds is 11. The number of benzene rings is 3. The molecule has 1 aliphatic rings. The summed E-state index contributed by atoms with van der Waals surface area (Å²) in [4.78, 5) is 51.9. The van der Waals surface area contributed by atoms with E-state index in [1.807, 2.05) is 0 Å². The lowest BCUT2D eigenvalue weighted by Crippen LogP contribution is -2.40. The Morgan fingerprint density at radius 3 is 2.29 bits per heavy atom. The van der Waals surface area contributed by atoms with Gasteiger partial charge >= 0.3 is 5.97 Å². The zero-order valence-corrected chi connectivity index (χ0v) is 25.9. The predicted octanol–water partition coefficient (Wildman–Crippen LogP) is 2.99. The van der Waals surface area contributed by atoms with E-state index in [9.17, 15) is 32.7 Å². The van der Waals surface area contributed by atoms with Crippen molar-refractivity contribution in [3.63, 3.8) is 0 Å². The van der Waals surface area contributed by atoms with Crippen LogP contribution in [0.3, 0.4) is 0 Å². The van der Waals surface area contributed by atoms with Crippen molar-refractivity contribution < 1.29 is 42.2 Å². The Balaban J connectivity index is 1.89. The van der Waals surface area contributed by atoms with E-state index in [4.69, 9.17) is 15.2 Å². The van der Waals surface area contributed by atoms with Gasteiger partial charge in [0.1, 0.15) is 6.04 Å². The number of carbonyl (C=O) groups is 4. The van der Waals surface area contributed by atoms with E-state index in [1.54, 1.807) is 30.3 Å². The third-order valence-electron chi connectivity index (χ3n) is 7.49. The number of carboxylic acids is 1. The van der Waals surface area contributed by atoms with Gasteiger partial charge in [0.15, 0.2) is 21.3 Å². The first-order valence-corrected chi connectivity index (χ1v) is 15.7. The number of amides is 3. The molecule has 3 amide bonds. The Kier molecular flexibility index (Phi) is 9.66. The van der Waals surface area contributed by atoms with Gasteiger partial charge in [0.25, 0.3) is 0 Å². The Morgan fingerprint density at radius 1 is 0.978 bits per heavy atom. The van der Waals surface area contributed by atoms with Crippen LogP contribution in [0.25, 0.3) is 0 Å². The lowest BCUT2D eigenvalue weighted by molar-refractivity contribution is -0.143. The highest BCUT2D eigenvalue weighted by molar-refractivity contribution is 7.90. The van der Waals surface area contributed by atoms with Crippen LogP contribution in [0.15, 0.2) is 65.6 Å². The number of nitrogens with one attached hydrogen (secondary N) is 2. The molecule has 3 aromatic rings. The molecule has 1 fully saturated rings. The van der Waals surface area contributed by atoms with Crippen molar-refractivity contribution in [2.45, 2.75) is 30.3 Å². The molecule has 1 aliphatic heterocycles. The van der Waals surface area contributed by atoms with Gasteiger partial charge in [0.05, 0.1) is 31.1 Å². The summed E-state index contributed by atoms with van der Waals surface area (Å²) in [6, 6.07) is 12.7. The largest absolute Gasteiger partial charge is 0.493 e. The molecule has 3 aromatic carbocycles. The lowest BCUT2D eigenvalue weighted by Gasteiger charge is -2.33. The number of ether oxygens (including phenoxy) is 2. The lowest BCUT2D eigenvalue weighted by atomic mass is 9.92. The van der Waals surface area contributed by atoms with Crippen molar-refractivity contribution >= 4 is 44.9 Å². The number of methoxy groups -OCH3 is 2. The summed E-state index contributed by atoms with van der Waals surface area (Å²) in [5.41, 5.74) is 6.74. The van der Waals surface area contributed by atoms with Gasteiger partial charge < -0.3 is 35.8 Å². The molecule has 0 radical (unpaired) electrons. The van der Waals surface area contributed by atoms with Crippen LogP contribution in [0.1, 0.15) is 46.9 Å². The highest BCUT2D eigenvalue weighted by Crippen LogP contribution is 2.43. The third-order valence-corrected chi connectivity index (χ3v) is 8.66. The summed E-state index contributed by atoms with van der Waals surface area (Å²) in [6.07, 6.45) is 1.02. The van der Waals surface area contributed by atoms with Gasteiger partial charge in [0.2, 0.25) is 17.7 Å². The quantitative estimate of drug-likeness (QED) is 0.242. The van der Waals surface area contributed by atoms with Crippen LogP contribution >= 0.6 is 0 Å². The number of nitrogens with two attached hydrogens (primary N) is 1. The first kappa shape index (κ1) is 32.8. The second-order valence-corrected chi connectivity index (χ2v) is 12.5. The molecule has 0 bridgehead atoms. The number of sulfone groups is 1. The van der Waals surface area contributed by atoms with E-state index in [-0.39, 0.29) is 34.7 Å². The molecular formula is C31H34N4O9S. The first-order valence-electron chi connectivity index (χ1n) is 13.8. The minimum absolute atomic E-state index is 0.0131. The van der Waals surface area contributed by atoms with Crippen molar-refractivity contribution in [2.75, 3.05) is 37.7 Å². The highest BCUT2D eigenvalue weighted by Gasteiger charge is 2.46. The number of nitrogens with zero attached hydrogens (tertiary/aromatic N) is 1. The second-order valence-electron chi connectivity index (χ2n) is 10.6. The van der Waals surface area contributed by atoms with E-state index in [0.29, 0.717) is 22.7 Å². The average Bonchev–Trinajstić information content (AvgIpc) is 3.44. The fourth-order valence-corrected chi connectivity index (χ4v) is 6.42. The average molecular weight is 639 g/mol. The monoisotopic (exact) mass is 638 g/mol. The minimum atomic E-state index is -3.90. The number of hydrogen-bond acceptors (Lipinski definition) is 9. The zero-order chi connectivity index (χ0) is 33.1. The molecule has 14 heteroatoms. The molecule has 45 heavy (non-hydrogen) atoms. The Labute approximate surface area is 260 Å². The summed E-state index contributed by atoms with van der Waals surface area (Å²) in [5.74, 6) is -3.33. The van der Waals surface area contributed by atoms with E-state index in [1.165, 1.54) is 56.4 Å². The number of carboxylic acid groups (broad SMARTS) is 1. The Bertz CT molecular complexity index is 1760. The number of likely N-dealkylation sites (tertiary alicyclic amines) is 1. The SMILES string of the molecule is COc1ccc([C@H](Nc2cccc(C(N)=O)c2)C(=O)N2CC[C@H](C(=O)O)[C@@H]2c2cc(NC(C)=O)ccc2S(C)(=O)=O)cc1OC. The summed E-state index contributed by atoms with van der Waals surface area (Å²) < 4.78 is 36.6. The van der Waals surface area contributed by atoms with Crippen LogP contribution in [-0.2, 0) is 24.2 Å². The van der Waals surface area contributed by atoms with Crippen LogP contribution in [0.4, 0.5) is 11.4 Å². The number of anilines is 2. The molecule has 0 aromatic heterocycles. The Morgan fingerprint density at radius 2 is 1.69 bits per heavy atom. The number of primary amides is 1. The summed E-state index contributed by atoms with van der Waals surface area (Å²) in [5, 5.41) is 15.9. The van der Waals surface area contributed by atoms with E-state index < -0.39 is 51.5 Å². The molecule has 4 rings (SSSR count). The summed E-state index contributed by atoms with van der Waals surface area (Å²) in [7, 11) is -1.00. The molecule has 13 nitrogen and oxygen atoms in total. The molecular weight excluding hydrogens is 604 g/mol. The number of carbonyl (C=O) groups excluding carboxylic acids is 3. The molecule has 0 saturated carbocycles. The van der Waals surface area contributed by atoms with Gasteiger partial charge in [-0.05, 0) is 66.1 Å². The van der Waals surface area contributed by atoms with Crippen LogP contribution in [0.2, 0.25) is 0 Å². The third kappa shape index (κ3) is 7.17. The van der Waals surface area contributed by atoms with E-state index in [2.05, 4.69) is 10.6 Å². The molecule has 0 aliphatic carbocycles. The molecule has 0 unspecified atom stereocenters. The molecule has 1 saturated heterocycles. The van der Waals surface area contributed by atoms with Crippen molar-refractivity contribution in [1.29, 1.82) is 0 Å². The van der Waals surface area contributed by atoms with E-state index in [0.717, 1.165) is 6.26 Å². The van der Waals surface area contributed by atoms with Gasteiger partial charge in [-0.25, -0.2) is 8.42 Å². The van der Waals surface area contributed by atoms with Crippen molar-refractivity contribution in [1.82, 2.24) is 4.90 Å². The molecule has 238 valence electrons. The topological polar surface area (TPSA) is 194 Å². The fraction of sp³-hybridized carbons (Fsp3) is 0.290. The molecule has 3 atom stereocenters. The van der Waals surface area contributed by atoms with Gasteiger partial charge in [-0.15, -0.1) is 0 Å². The van der Waals surface area contributed by atoms with Gasteiger partial charge in [0, 0.05) is 36.7 Å². The maximum absolute atomic E-state index is 14.6. The van der Waals surface area contributed by atoms with Gasteiger partial charge in [-0.2, -0.15) is 0 Å². The minimum Gasteiger partial charge on any atom is -0.493 e. The molecule has 5 N–H and O–H groups in total. The predicted molar refractivity (Wildman–Crippen MR) is 165 cm³/mol.